The summed E-state index contributed by atoms with van der Waals surface area (Å²) >= 11 is 12.2. The lowest BCUT2D eigenvalue weighted by Gasteiger charge is -2.22. The molecule has 0 fully saturated rings. The molecule has 2 rings (SSSR count). The Balaban J connectivity index is 2.08. The van der Waals surface area contributed by atoms with Gasteiger partial charge in [-0.3, -0.25) is 4.90 Å². The lowest BCUT2D eigenvalue weighted by atomic mass is 10.1. The minimum atomic E-state index is 0.677. The second-order valence-corrected chi connectivity index (χ2v) is 5.99. The van der Waals surface area contributed by atoms with Gasteiger partial charge in [0.2, 0.25) is 0 Å². The molecule has 2 aromatic carbocycles. The second kappa shape index (κ2) is 8.40. The normalized spacial score (nSPS) is 11.0. The number of nitrogens with two attached hydrogens (primary N) is 1. The topological polar surface area (TPSA) is 29.3 Å². The van der Waals surface area contributed by atoms with Crippen molar-refractivity contribution >= 4 is 23.2 Å². The van der Waals surface area contributed by atoms with Gasteiger partial charge in [0.25, 0.3) is 0 Å². The van der Waals surface area contributed by atoms with Crippen molar-refractivity contribution in [3.8, 4) is 0 Å². The molecule has 0 saturated carbocycles. The summed E-state index contributed by atoms with van der Waals surface area (Å²) < 4.78 is 0. The van der Waals surface area contributed by atoms with Crippen LogP contribution in [0.15, 0.2) is 48.5 Å². The summed E-state index contributed by atoms with van der Waals surface area (Å²) in [4.78, 5) is 2.37. The minimum Gasteiger partial charge on any atom is -0.330 e. The maximum Gasteiger partial charge on any atom is 0.0424 e. The van der Waals surface area contributed by atoms with Gasteiger partial charge in [-0.1, -0.05) is 53.5 Å². The van der Waals surface area contributed by atoms with Crippen LogP contribution in [0, 0.1) is 0 Å². The Morgan fingerprint density at radius 1 is 0.857 bits per heavy atom. The third kappa shape index (κ3) is 5.68. The number of nitrogens with zero attached hydrogens (tertiary/aromatic N) is 1. The highest BCUT2D eigenvalue weighted by atomic mass is 35.5. The van der Waals surface area contributed by atoms with Crippen LogP contribution in [0.25, 0.3) is 0 Å². The number of halogens is 2. The van der Waals surface area contributed by atoms with E-state index in [-0.39, 0.29) is 0 Å². The van der Waals surface area contributed by atoms with Crippen molar-refractivity contribution in [3.63, 3.8) is 0 Å². The van der Waals surface area contributed by atoms with Crippen LogP contribution in [0.1, 0.15) is 17.5 Å². The minimum absolute atomic E-state index is 0.677. The number of hydrogen-bond donors (Lipinski definition) is 1. The summed E-state index contributed by atoms with van der Waals surface area (Å²) in [5, 5.41) is 1.35. The molecule has 0 saturated heterocycles. The third-order valence-electron chi connectivity index (χ3n) is 3.26. The zero-order valence-corrected chi connectivity index (χ0v) is 13.4. The Kier molecular flexibility index (Phi) is 6.52. The fourth-order valence-corrected chi connectivity index (χ4v) is 2.90. The monoisotopic (exact) mass is 322 g/mol. The van der Waals surface area contributed by atoms with Crippen molar-refractivity contribution < 1.29 is 0 Å². The van der Waals surface area contributed by atoms with Gasteiger partial charge in [0, 0.05) is 29.7 Å². The average molecular weight is 323 g/mol. The molecule has 0 radical (unpaired) electrons. The molecule has 21 heavy (non-hydrogen) atoms. The molecule has 0 bridgehead atoms. The number of rotatable bonds is 7. The highest BCUT2D eigenvalue weighted by Crippen LogP contribution is 2.21. The Labute approximate surface area is 136 Å². The molecule has 0 aromatic heterocycles. The number of benzene rings is 2. The zero-order valence-electron chi connectivity index (χ0n) is 11.9. The highest BCUT2D eigenvalue weighted by molar-refractivity contribution is 6.34. The first-order valence-corrected chi connectivity index (χ1v) is 7.84. The van der Waals surface area contributed by atoms with E-state index in [0.717, 1.165) is 31.6 Å². The largest absolute Gasteiger partial charge is 0.330 e. The van der Waals surface area contributed by atoms with Gasteiger partial charge in [0.15, 0.2) is 0 Å². The van der Waals surface area contributed by atoms with Crippen LogP contribution in [0.5, 0.6) is 0 Å². The van der Waals surface area contributed by atoms with E-state index >= 15 is 0 Å². The van der Waals surface area contributed by atoms with Gasteiger partial charge < -0.3 is 5.73 Å². The zero-order chi connectivity index (χ0) is 15.1. The Morgan fingerprint density at radius 2 is 1.48 bits per heavy atom. The summed E-state index contributed by atoms with van der Waals surface area (Å²) in [5.41, 5.74) is 8.06. The maximum atomic E-state index is 6.08. The van der Waals surface area contributed by atoms with Gasteiger partial charge in [0.1, 0.15) is 0 Å². The van der Waals surface area contributed by atoms with E-state index in [1.54, 1.807) is 6.07 Å². The highest BCUT2D eigenvalue weighted by Gasteiger charge is 2.08. The van der Waals surface area contributed by atoms with Crippen LogP contribution in [0.3, 0.4) is 0 Å². The molecule has 0 aliphatic rings. The van der Waals surface area contributed by atoms with Gasteiger partial charge in [-0.2, -0.15) is 0 Å². The fraction of sp³-hybridized carbons (Fsp3) is 0.294. The molecule has 2 aromatic rings. The van der Waals surface area contributed by atoms with Crippen LogP contribution in [-0.2, 0) is 13.1 Å². The fourth-order valence-electron chi connectivity index (χ4n) is 2.33. The smallest absolute Gasteiger partial charge is 0.0424 e. The third-order valence-corrected chi connectivity index (χ3v) is 3.69. The summed E-state index contributed by atoms with van der Waals surface area (Å²) in [6, 6.07) is 16.1. The maximum absolute atomic E-state index is 6.08. The Morgan fingerprint density at radius 3 is 2.10 bits per heavy atom. The Bertz CT molecular complexity index is 538. The predicted octanol–water partition coefficient (Wildman–Crippen LogP) is 4.34. The van der Waals surface area contributed by atoms with Crippen molar-refractivity contribution in [3.05, 3.63) is 69.7 Å². The van der Waals surface area contributed by atoms with E-state index in [0.29, 0.717) is 16.6 Å². The summed E-state index contributed by atoms with van der Waals surface area (Å²) in [5.74, 6) is 0. The van der Waals surface area contributed by atoms with Crippen molar-refractivity contribution in [1.29, 1.82) is 0 Å². The first-order chi connectivity index (χ1) is 10.2. The molecule has 2 N–H and O–H groups in total. The van der Waals surface area contributed by atoms with Crippen molar-refractivity contribution in [2.75, 3.05) is 13.1 Å². The average Bonchev–Trinajstić information content (AvgIpc) is 2.45. The quantitative estimate of drug-likeness (QED) is 0.821. The van der Waals surface area contributed by atoms with Crippen molar-refractivity contribution in [2.45, 2.75) is 19.5 Å². The number of hydrogen-bond acceptors (Lipinski definition) is 2. The molecule has 0 aliphatic carbocycles. The van der Waals surface area contributed by atoms with Crippen LogP contribution in [-0.4, -0.2) is 18.0 Å². The first-order valence-electron chi connectivity index (χ1n) is 7.08. The Hall–Kier alpha value is -1.06. The lowest BCUT2D eigenvalue weighted by Crippen LogP contribution is -2.25. The summed E-state index contributed by atoms with van der Waals surface area (Å²) in [6.07, 6.45) is 0.973. The van der Waals surface area contributed by atoms with Gasteiger partial charge in [0.05, 0.1) is 0 Å². The summed E-state index contributed by atoms with van der Waals surface area (Å²) in [6.45, 7) is 3.36. The van der Waals surface area contributed by atoms with E-state index in [1.807, 2.05) is 18.2 Å². The van der Waals surface area contributed by atoms with Crippen LogP contribution < -0.4 is 5.73 Å². The van der Waals surface area contributed by atoms with E-state index < -0.39 is 0 Å². The molecular formula is C17H20Cl2N2. The SMILES string of the molecule is NCCCN(Cc1ccccc1)Cc1cc(Cl)cc(Cl)c1. The molecule has 112 valence electrons. The van der Waals surface area contributed by atoms with Crippen molar-refractivity contribution in [2.24, 2.45) is 5.73 Å². The van der Waals surface area contributed by atoms with Crippen molar-refractivity contribution in [1.82, 2.24) is 4.90 Å². The molecule has 0 amide bonds. The second-order valence-electron chi connectivity index (χ2n) is 5.12. The van der Waals surface area contributed by atoms with Gasteiger partial charge in [-0.25, -0.2) is 0 Å². The van der Waals surface area contributed by atoms with Gasteiger partial charge in [-0.15, -0.1) is 0 Å². The molecule has 0 spiro atoms. The molecule has 0 atom stereocenters. The molecular weight excluding hydrogens is 303 g/mol. The van der Waals surface area contributed by atoms with E-state index in [9.17, 15) is 0 Å². The van der Waals surface area contributed by atoms with Gasteiger partial charge >= 0.3 is 0 Å². The molecule has 0 aliphatic heterocycles. The van der Waals surface area contributed by atoms with E-state index in [4.69, 9.17) is 28.9 Å². The van der Waals surface area contributed by atoms with Crippen LogP contribution in [0.4, 0.5) is 0 Å². The predicted molar refractivity (Wildman–Crippen MR) is 90.7 cm³/mol. The van der Waals surface area contributed by atoms with E-state index in [2.05, 4.69) is 29.2 Å². The summed E-state index contributed by atoms with van der Waals surface area (Å²) in [7, 11) is 0. The van der Waals surface area contributed by atoms with Crippen LogP contribution >= 0.6 is 23.2 Å². The van der Waals surface area contributed by atoms with Crippen LogP contribution in [0.2, 0.25) is 10.0 Å². The first kappa shape index (κ1) is 16.3. The van der Waals surface area contributed by atoms with Gasteiger partial charge in [-0.05, 0) is 42.3 Å². The lowest BCUT2D eigenvalue weighted by molar-refractivity contribution is 0.255. The molecule has 0 heterocycles. The molecule has 0 unspecified atom stereocenters. The standard InChI is InChI=1S/C17H20Cl2N2/c18-16-9-15(10-17(19)11-16)13-21(8-4-7-20)12-14-5-2-1-3-6-14/h1-3,5-6,9-11H,4,7-8,12-13,20H2. The molecule has 2 nitrogen and oxygen atoms in total. The van der Waals surface area contributed by atoms with E-state index in [1.165, 1.54) is 5.56 Å². The molecule has 4 heteroatoms.